The summed E-state index contributed by atoms with van der Waals surface area (Å²) in [7, 11) is 2.03. The van der Waals surface area contributed by atoms with Crippen LogP contribution in [0.5, 0.6) is 0 Å². The molecule has 1 aromatic rings. The van der Waals surface area contributed by atoms with Gasteiger partial charge in [-0.25, -0.2) is 0 Å². The summed E-state index contributed by atoms with van der Waals surface area (Å²) < 4.78 is 0. The van der Waals surface area contributed by atoms with Crippen LogP contribution < -0.4 is 4.90 Å². The summed E-state index contributed by atoms with van der Waals surface area (Å²) in [6.07, 6.45) is 2.07. The van der Waals surface area contributed by atoms with Gasteiger partial charge >= 0.3 is 0 Å². The molecule has 22 heavy (non-hydrogen) atoms. The number of hydrogen-bond donors (Lipinski definition) is 0. The Morgan fingerprint density at radius 2 is 2.00 bits per heavy atom. The zero-order chi connectivity index (χ0) is 15.5. The number of piperazine rings is 1. The van der Waals surface area contributed by atoms with Gasteiger partial charge in [0.05, 0.1) is 6.04 Å². The van der Waals surface area contributed by atoms with Crippen molar-refractivity contribution < 1.29 is 4.79 Å². The van der Waals surface area contributed by atoms with Crippen molar-refractivity contribution in [1.82, 2.24) is 20.0 Å². The fourth-order valence-corrected chi connectivity index (χ4v) is 3.14. The van der Waals surface area contributed by atoms with Gasteiger partial charge in [-0.3, -0.25) is 9.69 Å². The van der Waals surface area contributed by atoms with Gasteiger partial charge in [0.2, 0.25) is 5.91 Å². The number of anilines is 1. The quantitative estimate of drug-likeness (QED) is 0.770. The molecule has 0 spiro atoms. The van der Waals surface area contributed by atoms with Crippen LogP contribution in [-0.2, 0) is 4.79 Å². The van der Waals surface area contributed by atoms with E-state index in [0.717, 1.165) is 38.3 Å². The number of likely N-dealkylation sites (tertiary alicyclic amines) is 1. The highest BCUT2D eigenvalue weighted by Crippen LogP contribution is 2.19. The SMILES string of the molecule is CN1CCCC1C(=O)N1CCN(c2ccc(C#N)nn2)CC1. The van der Waals surface area contributed by atoms with E-state index in [-0.39, 0.29) is 11.9 Å². The van der Waals surface area contributed by atoms with Crippen LogP contribution in [0.25, 0.3) is 0 Å². The molecule has 0 saturated carbocycles. The van der Waals surface area contributed by atoms with Gasteiger partial charge in [0.15, 0.2) is 11.5 Å². The van der Waals surface area contributed by atoms with Crippen molar-refractivity contribution in [2.45, 2.75) is 18.9 Å². The predicted octanol–water partition coefficient (Wildman–Crippen LogP) is 0.0911. The van der Waals surface area contributed by atoms with Crippen LogP contribution in [0.2, 0.25) is 0 Å². The van der Waals surface area contributed by atoms with Gasteiger partial charge in [-0.05, 0) is 38.6 Å². The zero-order valence-corrected chi connectivity index (χ0v) is 12.8. The third kappa shape index (κ3) is 2.88. The third-order valence-electron chi connectivity index (χ3n) is 4.49. The predicted molar refractivity (Wildman–Crippen MR) is 81.2 cm³/mol. The van der Waals surface area contributed by atoms with Gasteiger partial charge in [-0.2, -0.15) is 5.26 Å². The molecule has 0 aromatic carbocycles. The van der Waals surface area contributed by atoms with Crippen molar-refractivity contribution >= 4 is 11.7 Å². The molecule has 0 bridgehead atoms. The number of carbonyl (C=O) groups excluding carboxylic acids is 1. The average Bonchev–Trinajstić information content (AvgIpc) is 3.00. The summed E-state index contributed by atoms with van der Waals surface area (Å²) in [5.41, 5.74) is 0.321. The van der Waals surface area contributed by atoms with Crippen molar-refractivity contribution in [3.63, 3.8) is 0 Å². The molecule has 0 aliphatic carbocycles. The lowest BCUT2D eigenvalue weighted by atomic mass is 10.1. The smallest absolute Gasteiger partial charge is 0.240 e. The Kier molecular flexibility index (Phi) is 4.20. The first-order chi connectivity index (χ1) is 10.7. The Labute approximate surface area is 130 Å². The van der Waals surface area contributed by atoms with E-state index in [1.807, 2.05) is 24.1 Å². The fourth-order valence-electron chi connectivity index (χ4n) is 3.14. The summed E-state index contributed by atoms with van der Waals surface area (Å²) in [5.74, 6) is 1.02. The summed E-state index contributed by atoms with van der Waals surface area (Å²) in [6, 6.07) is 5.51. The van der Waals surface area contributed by atoms with Crippen LogP contribution in [0.1, 0.15) is 18.5 Å². The summed E-state index contributed by atoms with van der Waals surface area (Å²) >= 11 is 0. The maximum Gasteiger partial charge on any atom is 0.240 e. The van der Waals surface area contributed by atoms with Crippen molar-refractivity contribution in [3.05, 3.63) is 17.8 Å². The fraction of sp³-hybridized carbons (Fsp3) is 0.600. The van der Waals surface area contributed by atoms with Crippen molar-refractivity contribution in [2.75, 3.05) is 44.7 Å². The van der Waals surface area contributed by atoms with Gasteiger partial charge in [0, 0.05) is 26.2 Å². The van der Waals surface area contributed by atoms with E-state index in [4.69, 9.17) is 5.26 Å². The molecule has 2 aliphatic heterocycles. The maximum atomic E-state index is 12.5. The van der Waals surface area contributed by atoms with Gasteiger partial charge < -0.3 is 9.80 Å². The van der Waals surface area contributed by atoms with Crippen molar-refractivity contribution in [1.29, 1.82) is 5.26 Å². The van der Waals surface area contributed by atoms with Crippen LogP contribution in [-0.4, -0.2) is 71.7 Å². The molecule has 116 valence electrons. The Hall–Kier alpha value is -2.20. The second kappa shape index (κ2) is 6.28. The average molecular weight is 300 g/mol. The van der Waals surface area contributed by atoms with E-state index in [0.29, 0.717) is 18.8 Å². The Bertz CT molecular complexity index is 573. The number of hydrogen-bond acceptors (Lipinski definition) is 6. The first kappa shape index (κ1) is 14.7. The lowest BCUT2D eigenvalue weighted by Crippen LogP contribution is -2.53. The monoisotopic (exact) mass is 300 g/mol. The second-order valence-electron chi connectivity index (χ2n) is 5.84. The molecular formula is C15H20N6O. The highest BCUT2D eigenvalue weighted by Gasteiger charge is 2.32. The van der Waals surface area contributed by atoms with Crippen LogP contribution in [0.3, 0.4) is 0 Å². The van der Waals surface area contributed by atoms with E-state index in [1.54, 1.807) is 6.07 Å². The third-order valence-corrected chi connectivity index (χ3v) is 4.49. The first-order valence-corrected chi connectivity index (χ1v) is 7.67. The van der Waals surface area contributed by atoms with E-state index >= 15 is 0 Å². The van der Waals surface area contributed by atoms with Crippen molar-refractivity contribution in [2.24, 2.45) is 0 Å². The van der Waals surface area contributed by atoms with Crippen LogP contribution in [0.4, 0.5) is 5.82 Å². The molecule has 0 radical (unpaired) electrons. The Morgan fingerprint density at radius 1 is 1.23 bits per heavy atom. The van der Waals surface area contributed by atoms with E-state index in [1.165, 1.54) is 0 Å². The standard InChI is InChI=1S/C15H20N6O/c1-19-6-2-3-13(19)15(22)21-9-7-20(8-10-21)14-5-4-12(11-16)17-18-14/h4-5,13H,2-3,6-10H2,1H3. The maximum absolute atomic E-state index is 12.5. The van der Waals surface area contributed by atoms with Crippen LogP contribution in [0, 0.1) is 11.3 Å². The minimum Gasteiger partial charge on any atom is -0.352 e. The molecule has 1 atom stereocenters. The van der Waals surface area contributed by atoms with Crippen molar-refractivity contribution in [3.8, 4) is 6.07 Å². The van der Waals surface area contributed by atoms with Gasteiger partial charge in [0.1, 0.15) is 6.07 Å². The molecule has 3 rings (SSSR count). The summed E-state index contributed by atoms with van der Waals surface area (Å²) in [5, 5.41) is 16.7. The number of nitrogens with zero attached hydrogens (tertiary/aromatic N) is 6. The number of carbonyl (C=O) groups is 1. The highest BCUT2D eigenvalue weighted by molar-refractivity contribution is 5.82. The normalized spacial score (nSPS) is 22.6. The summed E-state index contributed by atoms with van der Waals surface area (Å²) in [4.78, 5) is 18.8. The molecular weight excluding hydrogens is 280 g/mol. The summed E-state index contributed by atoms with van der Waals surface area (Å²) in [6.45, 7) is 3.94. The molecule has 3 heterocycles. The van der Waals surface area contributed by atoms with Gasteiger partial charge in [-0.15, -0.1) is 10.2 Å². The van der Waals surface area contributed by atoms with Crippen LogP contribution >= 0.6 is 0 Å². The molecule has 2 saturated heterocycles. The van der Waals surface area contributed by atoms with Gasteiger partial charge in [0.25, 0.3) is 0 Å². The van der Waals surface area contributed by atoms with E-state index in [2.05, 4.69) is 20.0 Å². The second-order valence-corrected chi connectivity index (χ2v) is 5.84. The van der Waals surface area contributed by atoms with E-state index in [9.17, 15) is 4.79 Å². The minimum atomic E-state index is 0.0567. The lowest BCUT2D eigenvalue weighted by molar-refractivity contribution is -0.135. The molecule has 0 N–H and O–H groups in total. The number of rotatable bonds is 2. The zero-order valence-electron chi connectivity index (χ0n) is 12.8. The van der Waals surface area contributed by atoms with E-state index < -0.39 is 0 Å². The Balaban J connectivity index is 1.58. The molecule has 7 heteroatoms. The minimum absolute atomic E-state index is 0.0567. The molecule has 1 aromatic heterocycles. The first-order valence-electron chi connectivity index (χ1n) is 7.67. The molecule has 2 fully saturated rings. The Morgan fingerprint density at radius 3 is 2.55 bits per heavy atom. The number of amides is 1. The lowest BCUT2D eigenvalue weighted by Gasteiger charge is -2.37. The van der Waals surface area contributed by atoms with Crippen LogP contribution in [0.15, 0.2) is 12.1 Å². The number of nitriles is 1. The highest BCUT2D eigenvalue weighted by atomic mass is 16.2. The molecule has 7 nitrogen and oxygen atoms in total. The number of likely N-dealkylation sites (N-methyl/N-ethyl adjacent to an activating group) is 1. The topological polar surface area (TPSA) is 76.4 Å². The number of aromatic nitrogens is 2. The molecule has 1 amide bonds. The molecule has 1 unspecified atom stereocenters. The molecule has 2 aliphatic rings. The largest absolute Gasteiger partial charge is 0.352 e. The van der Waals surface area contributed by atoms with Gasteiger partial charge in [-0.1, -0.05) is 0 Å².